The molecular weight excluding hydrogens is 320 g/mol. The zero-order valence-electron chi connectivity index (χ0n) is 13.2. The third-order valence-corrected chi connectivity index (χ3v) is 4.21. The topological polar surface area (TPSA) is 75.6 Å². The summed E-state index contributed by atoms with van der Waals surface area (Å²) >= 11 is 0. The number of carbonyl (C=O) groups is 2. The van der Waals surface area contributed by atoms with Crippen LogP contribution >= 0.6 is 0 Å². The maximum atomic E-state index is 13.1. The quantitative estimate of drug-likeness (QED) is 0.829. The maximum Gasteiger partial charge on any atom is 0.408 e. The number of carboxylic acids is 1. The van der Waals surface area contributed by atoms with Gasteiger partial charge in [0.05, 0.1) is 0 Å². The van der Waals surface area contributed by atoms with Crippen molar-refractivity contribution in [3.8, 4) is 0 Å². The zero-order valence-corrected chi connectivity index (χ0v) is 13.2. The lowest BCUT2D eigenvalue weighted by atomic mass is 9.83. The standard InChI is InChI=1S/C17H21F2NO4/c18-17(19)8-6-12(7-9-17)10-14(15(21)22)20-16(23)24-11-13-4-2-1-3-5-13/h1-5,12,14H,6-11H2,(H,20,23)(H,21,22)/t14-/m0/s1. The number of hydrogen-bond acceptors (Lipinski definition) is 3. The highest BCUT2D eigenvalue weighted by Crippen LogP contribution is 2.37. The minimum absolute atomic E-state index is 0.0364. The summed E-state index contributed by atoms with van der Waals surface area (Å²) in [6, 6.07) is 7.86. The van der Waals surface area contributed by atoms with Gasteiger partial charge in [-0.1, -0.05) is 30.3 Å². The Labute approximate surface area is 139 Å². The molecule has 1 aromatic carbocycles. The van der Waals surface area contributed by atoms with Crippen LogP contribution in [0.25, 0.3) is 0 Å². The van der Waals surface area contributed by atoms with Gasteiger partial charge in [-0.15, -0.1) is 0 Å². The average molecular weight is 341 g/mol. The van der Waals surface area contributed by atoms with E-state index in [0.29, 0.717) is 0 Å². The van der Waals surface area contributed by atoms with Gasteiger partial charge in [-0.25, -0.2) is 18.4 Å². The number of rotatable bonds is 6. The van der Waals surface area contributed by atoms with Crippen molar-refractivity contribution in [2.24, 2.45) is 5.92 Å². The third-order valence-electron chi connectivity index (χ3n) is 4.21. The molecule has 0 aliphatic heterocycles. The molecule has 1 fully saturated rings. The number of ether oxygens (including phenoxy) is 1. The van der Waals surface area contributed by atoms with E-state index in [4.69, 9.17) is 4.74 Å². The molecule has 0 heterocycles. The summed E-state index contributed by atoms with van der Waals surface area (Å²) in [5.74, 6) is -3.98. The van der Waals surface area contributed by atoms with Gasteiger partial charge in [-0.2, -0.15) is 0 Å². The summed E-state index contributed by atoms with van der Waals surface area (Å²) in [5.41, 5.74) is 0.786. The van der Waals surface area contributed by atoms with Crippen LogP contribution in [0.5, 0.6) is 0 Å². The monoisotopic (exact) mass is 341 g/mol. The Kier molecular flexibility index (Phi) is 6.11. The fourth-order valence-electron chi connectivity index (χ4n) is 2.80. The highest BCUT2D eigenvalue weighted by Gasteiger charge is 2.36. The van der Waals surface area contributed by atoms with Gasteiger partial charge in [0.1, 0.15) is 12.6 Å². The molecule has 1 aliphatic rings. The lowest BCUT2D eigenvalue weighted by molar-refractivity contribution is -0.140. The van der Waals surface area contributed by atoms with E-state index in [9.17, 15) is 23.5 Å². The molecule has 2 N–H and O–H groups in total. The Morgan fingerprint density at radius 3 is 2.46 bits per heavy atom. The number of aliphatic carboxylic acids is 1. The summed E-state index contributed by atoms with van der Waals surface area (Å²) in [6.45, 7) is 0.0364. The molecule has 1 saturated carbocycles. The molecule has 132 valence electrons. The van der Waals surface area contributed by atoms with Gasteiger partial charge < -0.3 is 15.2 Å². The van der Waals surface area contributed by atoms with Crippen LogP contribution in [-0.4, -0.2) is 29.1 Å². The Morgan fingerprint density at radius 1 is 1.25 bits per heavy atom. The van der Waals surface area contributed by atoms with Crippen molar-refractivity contribution < 1.29 is 28.2 Å². The summed E-state index contributed by atoms with van der Waals surface area (Å²) < 4.78 is 31.3. The first-order chi connectivity index (χ1) is 11.4. The van der Waals surface area contributed by atoms with E-state index < -0.39 is 24.0 Å². The van der Waals surface area contributed by atoms with Crippen molar-refractivity contribution in [2.75, 3.05) is 0 Å². The van der Waals surface area contributed by atoms with Crippen LogP contribution in [0.1, 0.15) is 37.7 Å². The Bertz CT molecular complexity index is 555. The number of halogens is 2. The lowest BCUT2D eigenvalue weighted by Crippen LogP contribution is -2.43. The average Bonchev–Trinajstić information content (AvgIpc) is 2.55. The molecule has 5 nitrogen and oxygen atoms in total. The second-order valence-corrected chi connectivity index (χ2v) is 6.13. The molecule has 0 saturated heterocycles. The molecule has 24 heavy (non-hydrogen) atoms. The number of carbonyl (C=O) groups excluding carboxylic acids is 1. The number of alkyl carbamates (subject to hydrolysis) is 1. The number of carboxylic acid groups (broad SMARTS) is 1. The van der Waals surface area contributed by atoms with Gasteiger partial charge in [0, 0.05) is 12.8 Å². The van der Waals surface area contributed by atoms with E-state index in [-0.39, 0.29) is 44.6 Å². The predicted molar refractivity (Wildman–Crippen MR) is 82.7 cm³/mol. The Balaban J connectivity index is 1.80. The third kappa shape index (κ3) is 5.79. The fraction of sp³-hybridized carbons (Fsp3) is 0.529. The molecule has 0 radical (unpaired) electrons. The summed E-state index contributed by atoms with van der Waals surface area (Å²) in [7, 11) is 0. The van der Waals surface area contributed by atoms with Crippen LogP contribution in [-0.2, 0) is 16.1 Å². The SMILES string of the molecule is O=C(N[C@@H](CC1CCC(F)(F)CC1)C(=O)O)OCc1ccccc1. The van der Waals surface area contributed by atoms with Crippen molar-refractivity contribution in [1.82, 2.24) is 5.32 Å². The zero-order chi connectivity index (χ0) is 17.6. The molecule has 0 aromatic heterocycles. The minimum Gasteiger partial charge on any atom is -0.480 e. The van der Waals surface area contributed by atoms with Gasteiger partial charge >= 0.3 is 12.1 Å². The number of alkyl halides is 2. The Morgan fingerprint density at radius 2 is 1.88 bits per heavy atom. The van der Waals surface area contributed by atoms with E-state index in [1.165, 1.54) is 0 Å². The molecule has 0 unspecified atom stereocenters. The smallest absolute Gasteiger partial charge is 0.408 e. The molecule has 2 rings (SSSR count). The van der Waals surface area contributed by atoms with E-state index in [0.717, 1.165) is 5.56 Å². The highest BCUT2D eigenvalue weighted by atomic mass is 19.3. The molecule has 1 aliphatic carbocycles. The summed E-state index contributed by atoms with van der Waals surface area (Å²) in [5, 5.41) is 11.5. The van der Waals surface area contributed by atoms with Crippen molar-refractivity contribution in [2.45, 2.75) is 50.7 Å². The Hall–Kier alpha value is -2.18. The minimum atomic E-state index is -2.66. The van der Waals surface area contributed by atoms with Crippen molar-refractivity contribution >= 4 is 12.1 Å². The maximum absolute atomic E-state index is 13.1. The van der Waals surface area contributed by atoms with Crippen molar-refractivity contribution in [1.29, 1.82) is 0 Å². The van der Waals surface area contributed by atoms with Gasteiger partial charge in [0.25, 0.3) is 0 Å². The van der Waals surface area contributed by atoms with E-state index >= 15 is 0 Å². The van der Waals surface area contributed by atoms with E-state index in [1.54, 1.807) is 24.3 Å². The first kappa shape index (κ1) is 18.2. The van der Waals surface area contributed by atoms with E-state index in [2.05, 4.69) is 5.32 Å². The fourth-order valence-corrected chi connectivity index (χ4v) is 2.80. The molecular formula is C17H21F2NO4. The molecule has 1 amide bonds. The first-order valence-electron chi connectivity index (χ1n) is 7.93. The second kappa shape index (κ2) is 8.08. The van der Waals surface area contributed by atoms with Crippen LogP contribution in [0.3, 0.4) is 0 Å². The normalized spacial score (nSPS) is 18.6. The van der Waals surface area contributed by atoms with Crippen LogP contribution < -0.4 is 5.32 Å². The lowest BCUT2D eigenvalue weighted by Gasteiger charge is -2.29. The number of nitrogens with one attached hydrogen (secondary N) is 1. The second-order valence-electron chi connectivity index (χ2n) is 6.13. The molecule has 1 aromatic rings. The first-order valence-corrected chi connectivity index (χ1v) is 7.93. The molecule has 0 bridgehead atoms. The van der Waals surface area contributed by atoms with Crippen LogP contribution in [0.4, 0.5) is 13.6 Å². The predicted octanol–water partition coefficient (Wildman–Crippen LogP) is 3.58. The molecule has 7 heteroatoms. The van der Waals surface area contributed by atoms with E-state index in [1.807, 2.05) is 6.07 Å². The van der Waals surface area contributed by atoms with Crippen LogP contribution in [0.2, 0.25) is 0 Å². The van der Waals surface area contributed by atoms with Crippen molar-refractivity contribution in [3.05, 3.63) is 35.9 Å². The number of amides is 1. The number of benzene rings is 1. The van der Waals surface area contributed by atoms with Gasteiger partial charge in [0.15, 0.2) is 0 Å². The van der Waals surface area contributed by atoms with Gasteiger partial charge in [-0.05, 0) is 30.7 Å². The van der Waals surface area contributed by atoms with Crippen LogP contribution in [0, 0.1) is 5.92 Å². The van der Waals surface area contributed by atoms with Crippen molar-refractivity contribution in [3.63, 3.8) is 0 Å². The molecule has 0 spiro atoms. The summed E-state index contributed by atoms with van der Waals surface area (Å²) in [4.78, 5) is 23.1. The molecule has 1 atom stereocenters. The summed E-state index contributed by atoms with van der Waals surface area (Å²) in [6.07, 6.45) is -0.640. The van der Waals surface area contributed by atoms with Crippen LogP contribution in [0.15, 0.2) is 30.3 Å². The van der Waals surface area contributed by atoms with Gasteiger partial charge in [-0.3, -0.25) is 0 Å². The van der Waals surface area contributed by atoms with Gasteiger partial charge in [0.2, 0.25) is 5.92 Å². The number of hydrogen-bond donors (Lipinski definition) is 2. The highest BCUT2D eigenvalue weighted by molar-refractivity contribution is 5.79. The largest absolute Gasteiger partial charge is 0.480 e.